The van der Waals surface area contributed by atoms with Gasteiger partial charge in [0.05, 0.1) is 5.75 Å². The van der Waals surface area contributed by atoms with E-state index in [2.05, 4.69) is 5.32 Å². The highest BCUT2D eigenvalue weighted by Crippen LogP contribution is 2.09. The van der Waals surface area contributed by atoms with E-state index >= 15 is 0 Å². The molecule has 1 fully saturated rings. The molecule has 1 unspecified atom stereocenters. The van der Waals surface area contributed by atoms with E-state index in [1.165, 1.54) is 5.56 Å². The first-order chi connectivity index (χ1) is 8.58. The largest absolute Gasteiger partial charge is 0.312 e. The van der Waals surface area contributed by atoms with Crippen LogP contribution in [-0.4, -0.2) is 44.2 Å². The standard InChI is InChI=1S/C13H20N2O2S/c1-12-11-15(18(16,17)10-8-14-12)9-7-13-5-3-2-4-6-13/h2-6,12,14H,7-11H2,1H3. The Labute approximate surface area is 109 Å². The van der Waals surface area contributed by atoms with Gasteiger partial charge in [-0.1, -0.05) is 30.3 Å². The summed E-state index contributed by atoms with van der Waals surface area (Å²) in [5, 5.41) is 3.21. The minimum absolute atomic E-state index is 0.201. The predicted molar refractivity (Wildman–Crippen MR) is 73.0 cm³/mol. The Morgan fingerprint density at radius 2 is 2.06 bits per heavy atom. The molecule has 0 aromatic heterocycles. The fourth-order valence-corrected chi connectivity index (χ4v) is 3.63. The molecule has 0 amide bonds. The molecular formula is C13H20N2O2S. The van der Waals surface area contributed by atoms with E-state index in [0.29, 0.717) is 19.6 Å². The molecule has 1 atom stereocenters. The zero-order valence-corrected chi connectivity index (χ0v) is 11.5. The molecule has 1 saturated heterocycles. The summed E-state index contributed by atoms with van der Waals surface area (Å²) in [6, 6.07) is 10.2. The van der Waals surface area contributed by atoms with E-state index in [9.17, 15) is 8.42 Å². The lowest BCUT2D eigenvalue weighted by Crippen LogP contribution is -2.38. The maximum atomic E-state index is 12.1. The molecular weight excluding hydrogens is 248 g/mol. The Balaban J connectivity index is 2.02. The summed E-state index contributed by atoms with van der Waals surface area (Å²) in [7, 11) is -3.09. The van der Waals surface area contributed by atoms with Gasteiger partial charge in [0.1, 0.15) is 0 Å². The molecule has 0 saturated carbocycles. The fraction of sp³-hybridized carbons (Fsp3) is 0.538. The summed E-state index contributed by atoms with van der Waals surface area (Å²) in [5.41, 5.74) is 1.18. The van der Waals surface area contributed by atoms with Crippen molar-refractivity contribution in [3.05, 3.63) is 35.9 Å². The third kappa shape index (κ3) is 3.54. The summed E-state index contributed by atoms with van der Waals surface area (Å²) in [6.07, 6.45) is 0.771. The van der Waals surface area contributed by atoms with Crippen molar-refractivity contribution in [2.75, 3.05) is 25.4 Å². The Morgan fingerprint density at radius 1 is 1.33 bits per heavy atom. The summed E-state index contributed by atoms with van der Waals surface area (Å²) < 4.78 is 25.7. The molecule has 2 rings (SSSR count). The zero-order valence-electron chi connectivity index (χ0n) is 10.7. The van der Waals surface area contributed by atoms with Crippen LogP contribution in [-0.2, 0) is 16.4 Å². The van der Waals surface area contributed by atoms with Gasteiger partial charge < -0.3 is 5.32 Å². The molecule has 1 aliphatic heterocycles. The van der Waals surface area contributed by atoms with E-state index in [0.717, 1.165) is 6.42 Å². The molecule has 1 heterocycles. The Kier molecular flexibility index (Phi) is 4.37. The molecule has 4 nitrogen and oxygen atoms in total. The van der Waals surface area contributed by atoms with Gasteiger partial charge in [0, 0.05) is 25.7 Å². The molecule has 0 radical (unpaired) electrons. The lowest BCUT2D eigenvalue weighted by Gasteiger charge is -2.21. The van der Waals surface area contributed by atoms with E-state index in [1.807, 2.05) is 37.3 Å². The van der Waals surface area contributed by atoms with E-state index in [1.54, 1.807) is 4.31 Å². The summed E-state index contributed by atoms with van der Waals surface area (Å²) in [4.78, 5) is 0. The van der Waals surface area contributed by atoms with Crippen molar-refractivity contribution in [3.63, 3.8) is 0 Å². The average molecular weight is 268 g/mol. The van der Waals surface area contributed by atoms with Crippen LogP contribution in [0.25, 0.3) is 0 Å². The summed E-state index contributed by atoms with van der Waals surface area (Å²) >= 11 is 0. The third-order valence-corrected chi connectivity index (χ3v) is 5.05. The second kappa shape index (κ2) is 5.82. The molecule has 0 aliphatic carbocycles. The van der Waals surface area contributed by atoms with Crippen LogP contribution in [0, 0.1) is 0 Å². The molecule has 0 bridgehead atoms. The van der Waals surface area contributed by atoms with Gasteiger partial charge in [-0.2, -0.15) is 0 Å². The first-order valence-corrected chi connectivity index (χ1v) is 7.94. The number of benzene rings is 1. The van der Waals surface area contributed by atoms with E-state index in [4.69, 9.17) is 0 Å². The molecule has 5 heteroatoms. The highest BCUT2D eigenvalue weighted by molar-refractivity contribution is 7.89. The van der Waals surface area contributed by atoms with Gasteiger partial charge in [-0.3, -0.25) is 0 Å². The van der Waals surface area contributed by atoms with Crippen LogP contribution < -0.4 is 5.32 Å². The van der Waals surface area contributed by atoms with Gasteiger partial charge >= 0.3 is 0 Å². The maximum Gasteiger partial charge on any atom is 0.215 e. The molecule has 1 N–H and O–H groups in total. The lowest BCUT2D eigenvalue weighted by atomic mass is 10.1. The quantitative estimate of drug-likeness (QED) is 0.884. The predicted octanol–water partition coefficient (Wildman–Crippen LogP) is 0.853. The highest BCUT2D eigenvalue weighted by atomic mass is 32.2. The first-order valence-electron chi connectivity index (χ1n) is 6.33. The molecule has 0 spiro atoms. The minimum atomic E-state index is -3.09. The lowest BCUT2D eigenvalue weighted by molar-refractivity contribution is 0.385. The minimum Gasteiger partial charge on any atom is -0.312 e. The summed E-state index contributed by atoms with van der Waals surface area (Å²) in [5.74, 6) is 0.201. The van der Waals surface area contributed by atoms with Gasteiger partial charge in [-0.05, 0) is 18.9 Å². The molecule has 18 heavy (non-hydrogen) atoms. The van der Waals surface area contributed by atoms with Crippen LogP contribution in [0.4, 0.5) is 0 Å². The number of hydrogen-bond donors (Lipinski definition) is 1. The molecule has 1 aromatic carbocycles. The maximum absolute atomic E-state index is 12.1. The SMILES string of the molecule is CC1CN(CCc2ccccc2)S(=O)(=O)CCN1. The second-order valence-electron chi connectivity index (χ2n) is 4.76. The highest BCUT2D eigenvalue weighted by Gasteiger charge is 2.26. The number of nitrogens with one attached hydrogen (secondary N) is 1. The monoisotopic (exact) mass is 268 g/mol. The Hall–Kier alpha value is -0.910. The molecule has 100 valence electrons. The molecule has 1 aliphatic rings. The van der Waals surface area contributed by atoms with Crippen molar-refractivity contribution in [1.29, 1.82) is 0 Å². The smallest absolute Gasteiger partial charge is 0.215 e. The van der Waals surface area contributed by atoms with Crippen LogP contribution in [0.1, 0.15) is 12.5 Å². The van der Waals surface area contributed by atoms with Gasteiger partial charge in [-0.15, -0.1) is 0 Å². The van der Waals surface area contributed by atoms with Crippen molar-refractivity contribution < 1.29 is 8.42 Å². The molecule has 1 aromatic rings. The van der Waals surface area contributed by atoms with Gasteiger partial charge in [0.2, 0.25) is 10.0 Å². The van der Waals surface area contributed by atoms with Crippen LogP contribution >= 0.6 is 0 Å². The second-order valence-corrected chi connectivity index (χ2v) is 6.85. The number of hydrogen-bond acceptors (Lipinski definition) is 3. The third-order valence-electron chi connectivity index (χ3n) is 3.22. The zero-order chi connectivity index (χ0) is 13.0. The Bertz CT molecular complexity index is 473. The number of sulfonamides is 1. The van der Waals surface area contributed by atoms with Crippen molar-refractivity contribution in [2.24, 2.45) is 0 Å². The normalized spacial score (nSPS) is 24.6. The van der Waals surface area contributed by atoms with Crippen LogP contribution in [0.5, 0.6) is 0 Å². The Morgan fingerprint density at radius 3 is 2.78 bits per heavy atom. The van der Waals surface area contributed by atoms with Crippen LogP contribution in [0.2, 0.25) is 0 Å². The van der Waals surface area contributed by atoms with Crippen molar-refractivity contribution in [3.8, 4) is 0 Å². The van der Waals surface area contributed by atoms with E-state index < -0.39 is 10.0 Å². The summed E-state index contributed by atoms with van der Waals surface area (Å²) in [6.45, 7) is 3.70. The van der Waals surface area contributed by atoms with Crippen molar-refractivity contribution in [2.45, 2.75) is 19.4 Å². The van der Waals surface area contributed by atoms with Gasteiger partial charge in [-0.25, -0.2) is 12.7 Å². The topological polar surface area (TPSA) is 49.4 Å². The number of nitrogens with zero attached hydrogens (tertiary/aromatic N) is 1. The van der Waals surface area contributed by atoms with Crippen molar-refractivity contribution >= 4 is 10.0 Å². The van der Waals surface area contributed by atoms with E-state index in [-0.39, 0.29) is 11.8 Å². The van der Waals surface area contributed by atoms with Crippen LogP contribution in [0.3, 0.4) is 0 Å². The van der Waals surface area contributed by atoms with Crippen LogP contribution in [0.15, 0.2) is 30.3 Å². The van der Waals surface area contributed by atoms with Crippen molar-refractivity contribution in [1.82, 2.24) is 9.62 Å². The van der Waals surface area contributed by atoms with Gasteiger partial charge in [0.25, 0.3) is 0 Å². The van der Waals surface area contributed by atoms with Gasteiger partial charge in [0.15, 0.2) is 0 Å². The first kappa shape index (κ1) is 13.5. The fourth-order valence-electron chi connectivity index (χ4n) is 2.18. The average Bonchev–Trinajstić information content (AvgIpc) is 2.47. The number of rotatable bonds is 3.